The Kier molecular flexibility index (Phi) is 7.84. The molecule has 0 aliphatic rings. The van der Waals surface area contributed by atoms with Gasteiger partial charge in [-0.2, -0.15) is 4.98 Å². The van der Waals surface area contributed by atoms with E-state index in [1.165, 1.54) is 14.2 Å². The van der Waals surface area contributed by atoms with Crippen LogP contribution in [0.3, 0.4) is 0 Å². The van der Waals surface area contributed by atoms with Gasteiger partial charge in [-0.25, -0.2) is 12.8 Å². The van der Waals surface area contributed by atoms with Gasteiger partial charge in [0.2, 0.25) is 31.8 Å². The minimum absolute atomic E-state index is 0.0586. The molecule has 1 heterocycles. The first-order valence-electron chi connectivity index (χ1n) is 10.9. The second kappa shape index (κ2) is 11.1. The van der Waals surface area contributed by atoms with E-state index < -0.39 is 21.6 Å². The van der Waals surface area contributed by atoms with E-state index in [-0.39, 0.29) is 26.7 Å². The van der Waals surface area contributed by atoms with E-state index in [4.69, 9.17) is 13.9 Å². The van der Waals surface area contributed by atoms with Crippen molar-refractivity contribution in [2.45, 2.75) is 21.9 Å². The number of ether oxygens (including phenoxy) is 2. The molecule has 1 amide bonds. The summed E-state index contributed by atoms with van der Waals surface area (Å²) in [6.07, 6.45) is 0. The van der Waals surface area contributed by atoms with Crippen molar-refractivity contribution in [1.29, 1.82) is 0 Å². The number of hydrogen-bond donors (Lipinski definition) is 1. The quantitative estimate of drug-likeness (QED) is 0.222. The predicted molar refractivity (Wildman–Crippen MR) is 137 cm³/mol. The Morgan fingerprint density at radius 3 is 2.38 bits per heavy atom. The zero-order valence-electron chi connectivity index (χ0n) is 20.1. The van der Waals surface area contributed by atoms with Crippen LogP contribution in [-0.2, 0) is 14.6 Å². The van der Waals surface area contributed by atoms with Gasteiger partial charge in [0, 0.05) is 11.6 Å². The zero-order chi connectivity index (χ0) is 26.6. The summed E-state index contributed by atoms with van der Waals surface area (Å²) < 4.78 is 56.4. The van der Waals surface area contributed by atoms with Gasteiger partial charge in [-0.3, -0.25) is 4.79 Å². The van der Waals surface area contributed by atoms with E-state index in [1.54, 1.807) is 30.3 Å². The topological polar surface area (TPSA) is 108 Å². The Bertz CT molecular complexity index is 1520. The van der Waals surface area contributed by atoms with Gasteiger partial charge >= 0.3 is 0 Å². The fraction of sp³-hybridized carbons (Fsp3) is 0.154. The molecule has 0 aliphatic carbocycles. The monoisotopic (exact) mass is 542 g/mol. The van der Waals surface area contributed by atoms with Crippen LogP contribution in [0.1, 0.15) is 5.56 Å². The number of halogens is 1. The molecule has 192 valence electrons. The van der Waals surface area contributed by atoms with Crippen molar-refractivity contribution in [2.24, 2.45) is 0 Å². The van der Waals surface area contributed by atoms with Crippen molar-refractivity contribution < 1.29 is 31.5 Å². The molecule has 0 unspecified atom stereocenters. The third kappa shape index (κ3) is 5.95. The highest BCUT2D eigenvalue weighted by Gasteiger charge is 2.29. The van der Waals surface area contributed by atoms with Crippen molar-refractivity contribution in [3.8, 4) is 23.0 Å². The molecule has 0 aliphatic heterocycles. The number of sulfone groups is 1. The summed E-state index contributed by atoms with van der Waals surface area (Å²) >= 11 is 0.879. The molecule has 1 N–H and O–H groups in total. The molecule has 1 aromatic heterocycles. The van der Waals surface area contributed by atoms with E-state index in [1.807, 2.05) is 19.1 Å². The molecule has 0 spiro atoms. The van der Waals surface area contributed by atoms with Crippen LogP contribution < -0.4 is 14.8 Å². The van der Waals surface area contributed by atoms with Gasteiger partial charge in [-0.1, -0.05) is 29.5 Å². The number of carbonyl (C=O) groups is 1. The lowest BCUT2D eigenvalue weighted by Gasteiger charge is -2.11. The first-order chi connectivity index (χ1) is 17.7. The fourth-order valence-corrected chi connectivity index (χ4v) is 5.65. The van der Waals surface area contributed by atoms with Crippen LogP contribution in [0.2, 0.25) is 0 Å². The van der Waals surface area contributed by atoms with Crippen molar-refractivity contribution in [2.75, 3.05) is 25.3 Å². The highest BCUT2D eigenvalue weighted by atomic mass is 32.2. The molecule has 11 heteroatoms. The second-order valence-corrected chi connectivity index (χ2v) is 10.7. The Morgan fingerprint density at radius 1 is 1.03 bits per heavy atom. The van der Waals surface area contributed by atoms with E-state index >= 15 is 0 Å². The van der Waals surface area contributed by atoms with Crippen molar-refractivity contribution >= 4 is 33.2 Å². The summed E-state index contributed by atoms with van der Waals surface area (Å²) in [5.74, 6) is -0.125. The highest BCUT2D eigenvalue weighted by molar-refractivity contribution is 8.00. The number of benzene rings is 3. The first kappa shape index (κ1) is 26.2. The number of thioether (sulfide) groups is 1. The number of oxazole rings is 1. The molecular formula is C26H23FN2O6S2. The molecule has 0 saturated heterocycles. The van der Waals surface area contributed by atoms with Crippen LogP contribution in [0.15, 0.2) is 86.2 Å². The van der Waals surface area contributed by atoms with E-state index in [0.717, 1.165) is 41.6 Å². The lowest BCUT2D eigenvalue weighted by Crippen LogP contribution is -2.15. The summed E-state index contributed by atoms with van der Waals surface area (Å²) in [5, 5.41) is 2.32. The molecule has 0 fully saturated rings. The Balaban J connectivity index is 1.62. The van der Waals surface area contributed by atoms with E-state index in [9.17, 15) is 17.6 Å². The maximum atomic E-state index is 13.4. The SMILES string of the molecule is COc1ccc(NC(=O)CSc2oc(-c3ccc(C)cc3)nc2S(=O)(=O)c2ccc(F)cc2)c(OC)c1. The van der Waals surface area contributed by atoms with Crippen LogP contribution in [0.25, 0.3) is 11.5 Å². The van der Waals surface area contributed by atoms with Gasteiger partial charge in [0.05, 0.1) is 30.6 Å². The first-order valence-corrected chi connectivity index (χ1v) is 13.4. The average Bonchev–Trinajstić information content (AvgIpc) is 3.33. The van der Waals surface area contributed by atoms with E-state index in [2.05, 4.69) is 10.3 Å². The summed E-state index contributed by atoms with van der Waals surface area (Å²) in [5.41, 5.74) is 2.00. The third-order valence-corrected chi connectivity index (χ3v) is 8.01. The van der Waals surface area contributed by atoms with Crippen LogP contribution >= 0.6 is 11.8 Å². The van der Waals surface area contributed by atoms with Gasteiger partial charge < -0.3 is 19.2 Å². The van der Waals surface area contributed by atoms with E-state index in [0.29, 0.717) is 22.7 Å². The Labute approximate surface area is 217 Å². The number of hydrogen-bond acceptors (Lipinski definition) is 8. The fourth-order valence-electron chi connectivity index (χ4n) is 3.32. The lowest BCUT2D eigenvalue weighted by atomic mass is 10.1. The van der Waals surface area contributed by atoms with Crippen LogP contribution in [0.5, 0.6) is 11.5 Å². The van der Waals surface area contributed by atoms with Gasteiger partial charge in [0.25, 0.3) is 0 Å². The number of aromatic nitrogens is 1. The molecule has 0 saturated carbocycles. The molecule has 0 radical (unpaired) electrons. The van der Waals surface area contributed by atoms with Crippen LogP contribution in [-0.4, -0.2) is 39.3 Å². The second-order valence-electron chi connectivity index (χ2n) is 7.84. The number of nitrogens with one attached hydrogen (secondary N) is 1. The lowest BCUT2D eigenvalue weighted by molar-refractivity contribution is -0.113. The standard InChI is InChI=1S/C26H23FN2O6S2/c1-16-4-6-17(7-5-16)24-29-25(37(31,32)20-11-8-18(27)9-12-20)26(35-24)36-15-23(30)28-21-13-10-19(33-2)14-22(21)34-3/h4-14H,15H2,1-3H3,(H,28,30). The molecule has 4 aromatic rings. The average molecular weight is 543 g/mol. The molecule has 0 bridgehead atoms. The maximum Gasteiger partial charge on any atom is 0.234 e. The minimum atomic E-state index is -4.16. The maximum absolute atomic E-state index is 13.4. The molecular weight excluding hydrogens is 519 g/mol. The minimum Gasteiger partial charge on any atom is -0.497 e. The van der Waals surface area contributed by atoms with Crippen molar-refractivity contribution in [1.82, 2.24) is 4.98 Å². The number of rotatable bonds is 9. The van der Waals surface area contributed by atoms with Crippen LogP contribution in [0.4, 0.5) is 10.1 Å². The number of aryl methyl sites for hydroxylation is 1. The number of anilines is 1. The largest absolute Gasteiger partial charge is 0.497 e. The predicted octanol–water partition coefficient (Wildman–Crippen LogP) is 5.37. The molecule has 0 atom stereocenters. The summed E-state index contributed by atoms with van der Waals surface area (Å²) in [4.78, 5) is 16.8. The number of amides is 1. The zero-order valence-corrected chi connectivity index (χ0v) is 21.8. The molecule has 4 rings (SSSR count). The normalized spacial score (nSPS) is 11.2. The molecule has 37 heavy (non-hydrogen) atoms. The summed E-state index contributed by atoms with van der Waals surface area (Å²) in [6, 6.07) is 16.5. The Hall–Kier alpha value is -3.83. The van der Waals surface area contributed by atoms with Gasteiger partial charge in [0.1, 0.15) is 17.3 Å². The summed E-state index contributed by atoms with van der Waals surface area (Å²) in [7, 11) is -1.18. The number of carbonyl (C=O) groups excluding carboxylic acids is 1. The Morgan fingerprint density at radius 2 is 1.73 bits per heavy atom. The van der Waals surface area contributed by atoms with Crippen molar-refractivity contribution in [3.63, 3.8) is 0 Å². The molecule has 8 nitrogen and oxygen atoms in total. The smallest absolute Gasteiger partial charge is 0.234 e. The number of methoxy groups -OCH3 is 2. The van der Waals surface area contributed by atoms with Crippen molar-refractivity contribution in [3.05, 3.63) is 78.1 Å². The number of nitrogens with zero attached hydrogens (tertiary/aromatic N) is 1. The summed E-state index contributed by atoms with van der Waals surface area (Å²) in [6.45, 7) is 1.92. The highest BCUT2D eigenvalue weighted by Crippen LogP contribution is 2.35. The van der Waals surface area contributed by atoms with Crippen LogP contribution in [0, 0.1) is 12.7 Å². The third-order valence-electron chi connectivity index (χ3n) is 5.26. The van der Waals surface area contributed by atoms with Gasteiger partial charge in [-0.15, -0.1) is 0 Å². The van der Waals surface area contributed by atoms with Gasteiger partial charge in [0.15, 0.2) is 0 Å². The molecule has 3 aromatic carbocycles. The van der Waals surface area contributed by atoms with Gasteiger partial charge in [-0.05, 0) is 55.5 Å².